The molecule has 2 aromatic rings. The third-order valence-electron chi connectivity index (χ3n) is 4.66. The van der Waals surface area contributed by atoms with Crippen LogP contribution in [0.1, 0.15) is 11.1 Å². The lowest BCUT2D eigenvalue weighted by Gasteiger charge is -2.39. The van der Waals surface area contributed by atoms with Crippen molar-refractivity contribution in [1.29, 1.82) is 0 Å². The Hall–Kier alpha value is -3.31. The monoisotopic (exact) mass is 434 g/mol. The van der Waals surface area contributed by atoms with Gasteiger partial charge in [0.1, 0.15) is 42.5 Å². The van der Waals surface area contributed by atoms with E-state index in [-0.39, 0.29) is 29.3 Å². The lowest BCUT2D eigenvalue weighted by molar-refractivity contribution is -0.278. The Labute approximate surface area is 176 Å². The molecular formula is C21H22O10. The van der Waals surface area contributed by atoms with Crippen molar-refractivity contribution < 1.29 is 49.6 Å². The normalized spacial score (nSPS) is 26.0. The van der Waals surface area contributed by atoms with Crippen molar-refractivity contribution in [3.63, 3.8) is 0 Å². The van der Waals surface area contributed by atoms with Crippen LogP contribution in [0.4, 0.5) is 0 Å². The molecule has 1 heterocycles. The molecule has 5 atom stereocenters. The maximum Gasteiger partial charge on any atom is 0.293 e. The Morgan fingerprint density at radius 3 is 2.29 bits per heavy atom. The van der Waals surface area contributed by atoms with Gasteiger partial charge < -0.3 is 44.8 Å². The van der Waals surface area contributed by atoms with Crippen LogP contribution in [0, 0.1) is 0 Å². The predicted molar refractivity (Wildman–Crippen MR) is 106 cm³/mol. The van der Waals surface area contributed by atoms with Gasteiger partial charge >= 0.3 is 0 Å². The molecule has 0 bridgehead atoms. The van der Waals surface area contributed by atoms with Crippen LogP contribution in [0.25, 0.3) is 12.2 Å². The summed E-state index contributed by atoms with van der Waals surface area (Å²) in [6.07, 6.45) is -4.50. The predicted octanol–water partition coefficient (Wildman–Crippen LogP) is 0.333. The second kappa shape index (κ2) is 9.67. The molecule has 0 saturated carbocycles. The zero-order chi connectivity index (χ0) is 22.5. The maximum atomic E-state index is 10.4. The Bertz CT molecular complexity index is 927. The third kappa shape index (κ3) is 5.25. The molecular weight excluding hydrogens is 412 g/mol. The van der Waals surface area contributed by atoms with Crippen LogP contribution in [-0.2, 0) is 14.3 Å². The smallest absolute Gasteiger partial charge is 0.293 e. The van der Waals surface area contributed by atoms with Crippen LogP contribution < -0.4 is 4.74 Å². The zero-order valence-corrected chi connectivity index (χ0v) is 16.1. The number of hydrogen-bond acceptors (Lipinski definition) is 10. The van der Waals surface area contributed by atoms with Crippen molar-refractivity contribution in [2.24, 2.45) is 0 Å². The average molecular weight is 434 g/mol. The highest BCUT2D eigenvalue weighted by Gasteiger charge is 2.45. The van der Waals surface area contributed by atoms with Crippen molar-refractivity contribution in [3.8, 4) is 23.0 Å². The van der Waals surface area contributed by atoms with Crippen molar-refractivity contribution in [2.45, 2.75) is 30.7 Å². The Morgan fingerprint density at radius 1 is 0.903 bits per heavy atom. The largest absolute Gasteiger partial charge is 0.508 e. The Kier molecular flexibility index (Phi) is 6.98. The summed E-state index contributed by atoms with van der Waals surface area (Å²) in [6, 6.07) is 8.55. The summed E-state index contributed by atoms with van der Waals surface area (Å²) in [6.45, 7) is -0.259. The fraction of sp³-hybridized carbons (Fsp3) is 0.286. The minimum atomic E-state index is -1.69. The summed E-state index contributed by atoms with van der Waals surface area (Å²) in [4.78, 5) is 10.4. The zero-order valence-electron chi connectivity index (χ0n) is 16.1. The van der Waals surface area contributed by atoms with Gasteiger partial charge in [-0.2, -0.15) is 0 Å². The molecule has 1 aliphatic heterocycles. The van der Waals surface area contributed by atoms with E-state index in [4.69, 9.17) is 9.47 Å². The molecule has 0 amide bonds. The van der Waals surface area contributed by atoms with E-state index in [9.17, 15) is 35.4 Å². The van der Waals surface area contributed by atoms with E-state index < -0.39 is 43.1 Å². The third-order valence-corrected chi connectivity index (χ3v) is 4.66. The Balaban J connectivity index is 1.87. The standard InChI is InChI=1S/C21H22O10/c22-10-29-9-16-17(26)18(27)19(28)21(30-16)31-20-12(7-14(24)8-15(20)25)4-1-11-2-5-13(23)6-3-11/h1-8,10,16-19,21,23-28H,9H2/b4-1+/t16-,17-,18+,19-,21+/m1/s1. The molecule has 0 aliphatic carbocycles. The van der Waals surface area contributed by atoms with Crippen molar-refractivity contribution in [1.82, 2.24) is 0 Å². The topological polar surface area (TPSA) is 166 Å². The summed E-state index contributed by atoms with van der Waals surface area (Å²) in [5.74, 6) is -0.806. The van der Waals surface area contributed by atoms with E-state index in [1.165, 1.54) is 24.3 Å². The fourth-order valence-electron chi connectivity index (χ4n) is 3.05. The summed E-state index contributed by atoms with van der Waals surface area (Å²) >= 11 is 0. The fourth-order valence-corrected chi connectivity index (χ4v) is 3.05. The van der Waals surface area contributed by atoms with Gasteiger partial charge in [0.05, 0.1) is 0 Å². The van der Waals surface area contributed by atoms with Gasteiger partial charge in [0, 0.05) is 11.6 Å². The lowest BCUT2D eigenvalue weighted by atomic mass is 9.99. The number of aliphatic hydroxyl groups is 3. The highest BCUT2D eigenvalue weighted by Crippen LogP contribution is 2.38. The average Bonchev–Trinajstić information content (AvgIpc) is 2.74. The molecule has 1 fully saturated rings. The number of phenolic OH excluding ortho intramolecular Hbond substituents is 3. The highest BCUT2D eigenvalue weighted by molar-refractivity contribution is 5.75. The van der Waals surface area contributed by atoms with Crippen LogP contribution in [0.5, 0.6) is 23.0 Å². The molecule has 31 heavy (non-hydrogen) atoms. The molecule has 1 saturated heterocycles. The number of benzene rings is 2. The molecule has 10 nitrogen and oxygen atoms in total. The van der Waals surface area contributed by atoms with Gasteiger partial charge in [0.25, 0.3) is 6.47 Å². The van der Waals surface area contributed by atoms with Crippen LogP contribution >= 0.6 is 0 Å². The van der Waals surface area contributed by atoms with E-state index in [0.29, 0.717) is 5.56 Å². The molecule has 3 rings (SSSR count). The van der Waals surface area contributed by atoms with Gasteiger partial charge in [-0.15, -0.1) is 0 Å². The second-order valence-electron chi connectivity index (χ2n) is 6.87. The number of aromatic hydroxyl groups is 3. The number of hydrogen-bond donors (Lipinski definition) is 6. The van der Waals surface area contributed by atoms with Crippen LogP contribution in [0.2, 0.25) is 0 Å². The SMILES string of the molecule is O=COC[C@H]1O[C@@H](Oc2c(O)cc(O)cc2/C=C/c2ccc(O)cc2)[C@H](O)[C@@H](O)[C@@H]1O. The van der Waals surface area contributed by atoms with Crippen molar-refractivity contribution in [2.75, 3.05) is 6.61 Å². The number of rotatable bonds is 7. The first-order valence-electron chi connectivity index (χ1n) is 9.25. The van der Waals surface area contributed by atoms with Crippen LogP contribution in [0.15, 0.2) is 36.4 Å². The Morgan fingerprint density at radius 2 is 1.61 bits per heavy atom. The summed E-state index contributed by atoms with van der Waals surface area (Å²) < 4.78 is 15.6. The van der Waals surface area contributed by atoms with Gasteiger partial charge in [-0.25, -0.2) is 0 Å². The van der Waals surface area contributed by atoms with E-state index in [0.717, 1.165) is 6.07 Å². The number of aliphatic hydroxyl groups excluding tert-OH is 3. The molecule has 1 aliphatic rings. The number of ether oxygens (including phenoxy) is 3. The first kappa shape index (κ1) is 22.4. The van der Waals surface area contributed by atoms with Crippen molar-refractivity contribution >= 4 is 18.6 Å². The quantitative estimate of drug-likeness (QED) is 0.264. The van der Waals surface area contributed by atoms with Gasteiger partial charge in [0.2, 0.25) is 6.29 Å². The first-order chi connectivity index (χ1) is 14.8. The summed E-state index contributed by atoms with van der Waals surface area (Å²) in [7, 11) is 0. The molecule has 166 valence electrons. The maximum absolute atomic E-state index is 10.4. The number of phenols is 3. The van der Waals surface area contributed by atoms with Crippen molar-refractivity contribution in [3.05, 3.63) is 47.5 Å². The molecule has 0 aromatic heterocycles. The minimum Gasteiger partial charge on any atom is -0.508 e. The van der Waals surface area contributed by atoms with Gasteiger partial charge in [-0.1, -0.05) is 24.3 Å². The summed E-state index contributed by atoms with van der Waals surface area (Å²) in [5.41, 5.74) is 0.910. The number of carbonyl (C=O) groups excluding carboxylic acids is 1. The molecule has 6 N–H and O–H groups in total. The number of carbonyl (C=O) groups is 1. The van der Waals surface area contributed by atoms with E-state index in [1.807, 2.05) is 0 Å². The van der Waals surface area contributed by atoms with Crippen LogP contribution in [0.3, 0.4) is 0 Å². The van der Waals surface area contributed by atoms with E-state index in [1.54, 1.807) is 18.2 Å². The molecule has 10 heteroatoms. The van der Waals surface area contributed by atoms with Crippen LogP contribution in [-0.4, -0.2) is 74.4 Å². The second-order valence-corrected chi connectivity index (χ2v) is 6.87. The molecule has 0 unspecified atom stereocenters. The van der Waals surface area contributed by atoms with E-state index in [2.05, 4.69) is 4.74 Å². The van der Waals surface area contributed by atoms with Gasteiger partial charge in [-0.05, 0) is 23.8 Å². The van der Waals surface area contributed by atoms with Gasteiger partial charge in [0.15, 0.2) is 11.5 Å². The van der Waals surface area contributed by atoms with Gasteiger partial charge in [-0.3, -0.25) is 4.79 Å². The highest BCUT2D eigenvalue weighted by atomic mass is 16.7. The minimum absolute atomic E-state index is 0.0912. The molecule has 2 aromatic carbocycles. The first-order valence-corrected chi connectivity index (χ1v) is 9.25. The molecule has 0 radical (unpaired) electrons. The molecule has 0 spiro atoms. The van der Waals surface area contributed by atoms with E-state index >= 15 is 0 Å². The lowest BCUT2D eigenvalue weighted by Crippen LogP contribution is -2.60. The summed E-state index contributed by atoms with van der Waals surface area (Å²) in [5, 5.41) is 59.8.